The number of carboxylic acid groups (broad SMARTS) is 1. The van der Waals surface area contributed by atoms with Gasteiger partial charge in [-0.15, -0.1) is 0 Å². The largest absolute Gasteiger partial charge is 0.478 e. The van der Waals surface area contributed by atoms with E-state index in [1.54, 1.807) is 0 Å². The van der Waals surface area contributed by atoms with Crippen molar-refractivity contribution in [1.82, 2.24) is 0 Å². The third-order valence-corrected chi connectivity index (χ3v) is 1.69. The van der Waals surface area contributed by atoms with Gasteiger partial charge in [0.2, 0.25) is 0 Å². The van der Waals surface area contributed by atoms with Crippen LogP contribution in [0, 0.1) is 0 Å². The van der Waals surface area contributed by atoms with Gasteiger partial charge >= 0.3 is 5.97 Å². The molecule has 0 atom stereocenters. The standard InChI is InChI=1S/C10H18O4/c1-4-13-9(14-5-2)7-6-8(3)10(11)12/h9H,3-7H2,1-2H3,(H,11,12). The van der Waals surface area contributed by atoms with Crippen LogP contribution in [-0.2, 0) is 14.3 Å². The van der Waals surface area contributed by atoms with Crippen LogP contribution in [0.15, 0.2) is 12.2 Å². The summed E-state index contributed by atoms with van der Waals surface area (Å²) < 4.78 is 10.5. The predicted octanol–water partition coefficient (Wildman–Crippen LogP) is 1.81. The molecule has 0 fully saturated rings. The third-order valence-electron chi connectivity index (χ3n) is 1.69. The summed E-state index contributed by atoms with van der Waals surface area (Å²) in [7, 11) is 0. The summed E-state index contributed by atoms with van der Waals surface area (Å²) in [6.07, 6.45) is 0.605. The minimum atomic E-state index is -0.961. The van der Waals surface area contributed by atoms with Crippen molar-refractivity contribution in [2.75, 3.05) is 13.2 Å². The summed E-state index contributed by atoms with van der Waals surface area (Å²) >= 11 is 0. The van der Waals surface area contributed by atoms with E-state index in [0.717, 1.165) is 0 Å². The molecule has 0 aliphatic carbocycles. The van der Waals surface area contributed by atoms with Crippen molar-refractivity contribution in [3.05, 3.63) is 12.2 Å². The van der Waals surface area contributed by atoms with E-state index in [1.165, 1.54) is 0 Å². The second-order valence-electron chi connectivity index (χ2n) is 2.79. The molecule has 0 aromatic heterocycles. The van der Waals surface area contributed by atoms with E-state index >= 15 is 0 Å². The van der Waals surface area contributed by atoms with Gasteiger partial charge in [-0.05, 0) is 20.3 Å². The number of aliphatic carboxylic acids is 1. The van der Waals surface area contributed by atoms with Crippen molar-refractivity contribution < 1.29 is 19.4 Å². The number of carboxylic acids is 1. The first-order valence-electron chi connectivity index (χ1n) is 4.76. The minimum Gasteiger partial charge on any atom is -0.478 e. The zero-order valence-corrected chi connectivity index (χ0v) is 8.78. The van der Waals surface area contributed by atoms with Gasteiger partial charge in [-0.25, -0.2) is 4.79 Å². The summed E-state index contributed by atoms with van der Waals surface area (Å²) in [5.74, 6) is -0.961. The van der Waals surface area contributed by atoms with E-state index in [0.29, 0.717) is 26.1 Å². The number of carbonyl (C=O) groups is 1. The SMILES string of the molecule is C=C(CCC(OCC)OCC)C(=O)O. The second kappa shape index (κ2) is 7.53. The summed E-state index contributed by atoms with van der Waals surface area (Å²) in [6, 6.07) is 0. The lowest BCUT2D eigenvalue weighted by Crippen LogP contribution is -2.18. The molecule has 0 spiro atoms. The number of rotatable bonds is 8. The first-order chi connectivity index (χ1) is 6.61. The van der Waals surface area contributed by atoms with Crippen molar-refractivity contribution in [3.63, 3.8) is 0 Å². The molecule has 0 radical (unpaired) electrons. The van der Waals surface area contributed by atoms with E-state index in [-0.39, 0.29) is 11.9 Å². The fraction of sp³-hybridized carbons (Fsp3) is 0.700. The van der Waals surface area contributed by atoms with E-state index < -0.39 is 5.97 Å². The highest BCUT2D eigenvalue weighted by Crippen LogP contribution is 2.09. The molecule has 4 heteroatoms. The Balaban J connectivity index is 3.80. The van der Waals surface area contributed by atoms with Crippen LogP contribution in [0.5, 0.6) is 0 Å². The summed E-state index contributed by atoms with van der Waals surface area (Å²) in [5, 5.41) is 8.57. The van der Waals surface area contributed by atoms with Crippen LogP contribution in [-0.4, -0.2) is 30.6 Å². The minimum absolute atomic E-state index is 0.189. The van der Waals surface area contributed by atoms with Gasteiger partial charge in [-0.3, -0.25) is 0 Å². The normalized spacial score (nSPS) is 10.5. The van der Waals surface area contributed by atoms with Crippen LogP contribution in [0.2, 0.25) is 0 Å². The highest BCUT2D eigenvalue weighted by molar-refractivity contribution is 5.85. The number of hydrogen-bond donors (Lipinski definition) is 1. The second-order valence-corrected chi connectivity index (χ2v) is 2.79. The molecule has 14 heavy (non-hydrogen) atoms. The Morgan fingerprint density at radius 3 is 2.21 bits per heavy atom. The Hall–Kier alpha value is -0.870. The lowest BCUT2D eigenvalue weighted by molar-refractivity contribution is -0.140. The Bertz CT molecular complexity index is 183. The first kappa shape index (κ1) is 13.1. The summed E-state index contributed by atoms with van der Waals surface area (Å²) in [5.41, 5.74) is 0.189. The average molecular weight is 202 g/mol. The molecule has 0 aliphatic heterocycles. The Morgan fingerprint density at radius 2 is 1.86 bits per heavy atom. The Kier molecular flexibility index (Phi) is 7.06. The van der Waals surface area contributed by atoms with Crippen LogP contribution in [0.4, 0.5) is 0 Å². The Morgan fingerprint density at radius 1 is 1.36 bits per heavy atom. The van der Waals surface area contributed by atoms with Gasteiger partial charge in [0.15, 0.2) is 6.29 Å². The maximum Gasteiger partial charge on any atom is 0.330 e. The number of ether oxygens (including phenoxy) is 2. The summed E-state index contributed by atoms with van der Waals surface area (Å²) in [6.45, 7) is 8.30. The molecule has 0 rings (SSSR count). The zero-order valence-electron chi connectivity index (χ0n) is 8.78. The van der Waals surface area contributed by atoms with Crippen LogP contribution >= 0.6 is 0 Å². The molecule has 0 aromatic rings. The molecule has 0 amide bonds. The van der Waals surface area contributed by atoms with Gasteiger partial charge in [0.25, 0.3) is 0 Å². The van der Waals surface area contributed by atoms with Gasteiger partial charge in [0.1, 0.15) is 0 Å². The van der Waals surface area contributed by atoms with Gasteiger partial charge in [-0.2, -0.15) is 0 Å². The quantitative estimate of drug-likeness (QED) is 0.481. The van der Waals surface area contributed by atoms with Crippen molar-refractivity contribution in [2.45, 2.75) is 33.0 Å². The summed E-state index contributed by atoms with van der Waals surface area (Å²) in [4.78, 5) is 10.4. The predicted molar refractivity (Wildman–Crippen MR) is 53.0 cm³/mol. The molecule has 0 saturated carbocycles. The van der Waals surface area contributed by atoms with Crippen molar-refractivity contribution >= 4 is 5.97 Å². The van der Waals surface area contributed by atoms with Crippen LogP contribution in [0.3, 0.4) is 0 Å². The molecular weight excluding hydrogens is 184 g/mol. The molecule has 82 valence electrons. The average Bonchev–Trinajstić information content (AvgIpc) is 2.14. The molecular formula is C10H18O4. The van der Waals surface area contributed by atoms with Crippen molar-refractivity contribution in [1.29, 1.82) is 0 Å². The lowest BCUT2D eigenvalue weighted by Gasteiger charge is -2.16. The molecule has 1 N–H and O–H groups in total. The van der Waals surface area contributed by atoms with E-state index in [1.807, 2.05) is 13.8 Å². The van der Waals surface area contributed by atoms with Gasteiger partial charge in [-0.1, -0.05) is 6.58 Å². The Labute approximate surface area is 84.5 Å². The molecule has 4 nitrogen and oxygen atoms in total. The van der Waals surface area contributed by atoms with Crippen molar-refractivity contribution in [3.8, 4) is 0 Å². The fourth-order valence-corrected chi connectivity index (χ4v) is 0.986. The molecule has 0 bridgehead atoms. The van der Waals surface area contributed by atoms with E-state index in [9.17, 15) is 4.79 Å². The van der Waals surface area contributed by atoms with Gasteiger partial charge in [0, 0.05) is 25.2 Å². The van der Waals surface area contributed by atoms with Crippen LogP contribution in [0.1, 0.15) is 26.7 Å². The number of hydrogen-bond acceptors (Lipinski definition) is 3. The monoisotopic (exact) mass is 202 g/mol. The van der Waals surface area contributed by atoms with Gasteiger partial charge in [0.05, 0.1) is 0 Å². The highest BCUT2D eigenvalue weighted by Gasteiger charge is 2.11. The smallest absolute Gasteiger partial charge is 0.330 e. The van der Waals surface area contributed by atoms with Crippen LogP contribution < -0.4 is 0 Å². The molecule has 0 aromatic carbocycles. The topological polar surface area (TPSA) is 55.8 Å². The maximum atomic E-state index is 10.4. The van der Waals surface area contributed by atoms with Crippen molar-refractivity contribution in [2.24, 2.45) is 0 Å². The fourth-order valence-electron chi connectivity index (χ4n) is 0.986. The maximum absolute atomic E-state index is 10.4. The molecule has 0 unspecified atom stereocenters. The lowest BCUT2D eigenvalue weighted by atomic mass is 10.1. The third kappa shape index (κ3) is 5.72. The molecule has 0 saturated heterocycles. The van der Waals surface area contributed by atoms with Crippen LogP contribution in [0.25, 0.3) is 0 Å². The zero-order chi connectivity index (χ0) is 11.0. The molecule has 0 aliphatic rings. The first-order valence-corrected chi connectivity index (χ1v) is 4.76. The van der Waals surface area contributed by atoms with Gasteiger partial charge < -0.3 is 14.6 Å². The van der Waals surface area contributed by atoms with E-state index in [4.69, 9.17) is 14.6 Å². The van der Waals surface area contributed by atoms with E-state index in [2.05, 4.69) is 6.58 Å². The highest BCUT2D eigenvalue weighted by atomic mass is 16.7. The molecule has 0 heterocycles.